The van der Waals surface area contributed by atoms with Crippen LogP contribution in [-0.4, -0.2) is 11.1 Å². The van der Waals surface area contributed by atoms with Gasteiger partial charge in [0.05, 0.1) is 0 Å². The Balaban J connectivity index is 2.07. The molecule has 2 aromatic carbocycles. The van der Waals surface area contributed by atoms with E-state index in [2.05, 4.69) is 0 Å². The fourth-order valence-corrected chi connectivity index (χ4v) is 1.74. The molecule has 0 radical (unpaired) electrons. The monoisotopic (exact) mass is 257 g/mol. The molecule has 0 spiro atoms. The van der Waals surface area contributed by atoms with Crippen LogP contribution in [0.5, 0.6) is 11.5 Å². The van der Waals surface area contributed by atoms with Gasteiger partial charge in [0.2, 0.25) is 0 Å². The van der Waals surface area contributed by atoms with Crippen molar-refractivity contribution >= 4 is 5.97 Å². The highest BCUT2D eigenvalue weighted by Gasteiger charge is 2.02. The third-order valence-electron chi connectivity index (χ3n) is 2.55. The molecular weight excluding hydrogens is 244 g/mol. The number of phenols is 1. The quantitative estimate of drug-likeness (QED) is 0.875. The summed E-state index contributed by atoms with van der Waals surface area (Å²) >= 11 is 0. The topological polar surface area (TPSA) is 69.6 Å². The average molecular weight is 257 g/mol. The molecule has 19 heavy (non-hydrogen) atoms. The van der Waals surface area contributed by atoms with Crippen LogP contribution >= 0.6 is 0 Å². The molecule has 0 saturated carbocycles. The lowest BCUT2D eigenvalue weighted by Crippen LogP contribution is -2.24. The molecule has 0 fully saturated rings. The number of carboxylic acids is 1. The second-order valence-corrected chi connectivity index (χ2v) is 4.16. The smallest absolute Gasteiger partial charge is 0.123 e. The predicted molar refractivity (Wildman–Crippen MR) is 67.6 cm³/mol. The van der Waals surface area contributed by atoms with Gasteiger partial charge in [0.1, 0.15) is 18.1 Å². The number of aromatic hydroxyl groups is 1. The highest BCUT2D eigenvalue weighted by atomic mass is 16.5. The molecule has 0 heterocycles. The zero-order valence-electron chi connectivity index (χ0n) is 10.2. The number of carbonyl (C=O) groups is 1. The summed E-state index contributed by atoms with van der Waals surface area (Å²) in [5.41, 5.74) is 1.44. The molecule has 0 saturated heterocycles. The van der Waals surface area contributed by atoms with E-state index in [-0.39, 0.29) is 12.2 Å². The minimum Gasteiger partial charge on any atom is -0.550 e. The zero-order chi connectivity index (χ0) is 13.7. The maximum absolute atomic E-state index is 10.5. The van der Waals surface area contributed by atoms with Gasteiger partial charge >= 0.3 is 0 Å². The first-order chi connectivity index (χ1) is 9.13. The average Bonchev–Trinajstić information content (AvgIpc) is 2.36. The first kappa shape index (κ1) is 13.0. The van der Waals surface area contributed by atoms with Gasteiger partial charge in [-0.3, -0.25) is 0 Å². The van der Waals surface area contributed by atoms with Crippen molar-refractivity contribution < 1.29 is 19.7 Å². The van der Waals surface area contributed by atoms with Crippen molar-refractivity contribution in [2.45, 2.75) is 13.0 Å². The first-order valence-electron chi connectivity index (χ1n) is 5.83. The Kier molecular flexibility index (Phi) is 4.03. The molecule has 4 nitrogen and oxygen atoms in total. The van der Waals surface area contributed by atoms with Crippen LogP contribution in [0, 0.1) is 0 Å². The van der Waals surface area contributed by atoms with Gasteiger partial charge in [0.15, 0.2) is 0 Å². The number of hydrogen-bond donors (Lipinski definition) is 1. The second kappa shape index (κ2) is 5.91. The van der Waals surface area contributed by atoms with E-state index in [9.17, 15) is 15.0 Å². The highest BCUT2D eigenvalue weighted by molar-refractivity contribution is 5.68. The Morgan fingerprint density at radius 3 is 2.53 bits per heavy atom. The standard InChI is InChI=1S/C15H14O4/c16-13-6-12(8-15(17)18)7-14(9-13)19-10-11-4-2-1-3-5-11/h1-7,9,16H,8,10H2,(H,17,18)/p-1. The number of carbonyl (C=O) groups excluding carboxylic acids is 1. The molecule has 2 aromatic rings. The maximum atomic E-state index is 10.5. The van der Waals surface area contributed by atoms with Crippen LogP contribution < -0.4 is 9.84 Å². The van der Waals surface area contributed by atoms with Gasteiger partial charge in [0.25, 0.3) is 0 Å². The molecule has 1 N–H and O–H groups in total. The largest absolute Gasteiger partial charge is 0.550 e. The molecule has 0 atom stereocenters. The Morgan fingerprint density at radius 1 is 1.11 bits per heavy atom. The summed E-state index contributed by atoms with van der Waals surface area (Å²) < 4.78 is 5.52. The lowest BCUT2D eigenvalue weighted by molar-refractivity contribution is -0.304. The van der Waals surface area contributed by atoms with Gasteiger partial charge < -0.3 is 19.7 Å². The van der Waals surface area contributed by atoms with Gasteiger partial charge in [-0.15, -0.1) is 0 Å². The summed E-state index contributed by atoms with van der Waals surface area (Å²) in [7, 11) is 0. The van der Waals surface area contributed by atoms with Crippen LogP contribution in [0.15, 0.2) is 48.5 Å². The third-order valence-corrected chi connectivity index (χ3v) is 2.55. The van der Waals surface area contributed by atoms with Crippen LogP contribution in [0.2, 0.25) is 0 Å². The number of aliphatic carboxylic acids is 1. The molecule has 0 amide bonds. The fourth-order valence-electron chi connectivity index (χ4n) is 1.74. The van der Waals surface area contributed by atoms with E-state index in [0.29, 0.717) is 17.9 Å². The summed E-state index contributed by atoms with van der Waals surface area (Å²) in [6.45, 7) is 0.356. The SMILES string of the molecule is O=C([O-])Cc1cc(O)cc(OCc2ccccc2)c1. The number of phenolic OH excluding ortho intramolecular Hbond substituents is 1. The molecule has 0 unspecified atom stereocenters. The minimum absolute atomic E-state index is 0.0261. The summed E-state index contributed by atoms with van der Waals surface area (Å²) in [6, 6.07) is 14.0. The van der Waals surface area contributed by atoms with E-state index in [0.717, 1.165) is 5.56 Å². The van der Waals surface area contributed by atoms with Gasteiger partial charge in [-0.05, 0) is 23.3 Å². The molecule has 0 bridgehead atoms. The number of hydrogen-bond acceptors (Lipinski definition) is 4. The Morgan fingerprint density at radius 2 is 1.84 bits per heavy atom. The normalized spacial score (nSPS) is 10.1. The van der Waals surface area contributed by atoms with Crippen molar-refractivity contribution in [2.75, 3.05) is 0 Å². The lowest BCUT2D eigenvalue weighted by Gasteiger charge is -2.09. The summed E-state index contributed by atoms with van der Waals surface area (Å²) in [5, 5.41) is 20.0. The number of rotatable bonds is 5. The van der Waals surface area contributed by atoms with E-state index in [1.165, 1.54) is 12.1 Å². The van der Waals surface area contributed by atoms with Crippen LogP contribution in [-0.2, 0) is 17.8 Å². The molecule has 0 aliphatic heterocycles. The van der Waals surface area contributed by atoms with Gasteiger partial charge in [0, 0.05) is 18.5 Å². The summed E-state index contributed by atoms with van der Waals surface area (Å²) in [6.07, 6.45) is -0.254. The number of carboxylic acid groups (broad SMARTS) is 1. The van der Waals surface area contributed by atoms with Crippen LogP contribution in [0.3, 0.4) is 0 Å². The highest BCUT2D eigenvalue weighted by Crippen LogP contribution is 2.23. The minimum atomic E-state index is -1.19. The molecule has 0 aliphatic carbocycles. The van der Waals surface area contributed by atoms with Crippen molar-refractivity contribution in [3.05, 3.63) is 59.7 Å². The molecule has 98 valence electrons. The van der Waals surface area contributed by atoms with Crippen molar-refractivity contribution in [3.63, 3.8) is 0 Å². The Labute approximate surface area is 110 Å². The van der Waals surface area contributed by atoms with E-state index in [1.54, 1.807) is 6.07 Å². The molecular formula is C15H13O4-. The van der Waals surface area contributed by atoms with Crippen LogP contribution in [0.25, 0.3) is 0 Å². The lowest BCUT2D eigenvalue weighted by atomic mass is 10.1. The van der Waals surface area contributed by atoms with E-state index >= 15 is 0 Å². The van der Waals surface area contributed by atoms with Gasteiger partial charge in [-0.1, -0.05) is 30.3 Å². The molecule has 0 aromatic heterocycles. The van der Waals surface area contributed by atoms with Gasteiger partial charge in [-0.2, -0.15) is 0 Å². The third kappa shape index (κ3) is 4.03. The van der Waals surface area contributed by atoms with Crippen LogP contribution in [0.1, 0.15) is 11.1 Å². The second-order valence-electron chi connectivity index (χ2n) is 4.16. The fraction of sp³-hybridized carbons (Fsp3) is 0.133. The number of ether oxygens (including phenoxy) is 1. The van der Waals surface area contributed by atoms with Gasteiger partial charge in [-0.25, -0.2) is 0 Å². The van der Waals surface area contributed by atoms with E-state index in [4.69, 9.17) is 4.74 Å². The van der Waals surface area contributed by atoms with Crippen molar-refractivity contribution in [1.82, 2.24) is 0 Å². The molecule has 0 aliphatic rings. The van der Waals surface area contributed by atoms with Crippen molar-refractivity contribution in [1.29, 1.82) is 0 Å². The number of benzene rings is 2. The van der Waals surface area contributed by atoms with Crippen molar-refractivity contribution in [2.24, 2.45) is 0 Å². The van der Waals surface area contributed by atoms with E-state index < -0.39 is 5.97 Å². The predicted octanol–water partition coefficient (Wildman–Crippen LogP) is 1.26. The summed E-state index contributed by atoms with van der Waals surface area (Å²) in [5.74, 6) is -0.790. The zero-order valence-corrected chi connectivity index (χ0v) is 10.2. The summed E-state index contributed by atoms with van der Waals surface area (Å²) in [4.78, 5) is 10.5. The maximum Gasteiger partial charge on any atom is 0.123 e. The Hall–Kier alpha value is -2.49. The van der Waals surface area contributed by atoms with E-state index in [1.807, 2.05) is 30.3 Å². The van der Waals surface area contributed by atoms with Crippen molar-refractivity contribution in [3.8, 4) is 11.5 Å². The molecule has 2 rings (SSSR count). The first-order valence-corrected chi connectivity index (χ1v) is 5.83. The molecule has 4 heteroatoms. The van der Waals surface area contributed by atoms with Crippen LogP contribution in [0.4, 0.5) is 0 Å². The Bertz CT molecular complexity index is 564.